The van der Waals surface area contributed by atoms with Crippen LogP contribution in [0.3, 0.4) is 0 Å². The molecule has 1 aliphatic heterocycles. The predicted octanol–water partition coefficient (Wildman–Crippen LogP) is 2.67. The summed E-state index contributed by atoms with van der Waals surface area (Å²) >= 11 is 0. The molecule has 2 N–H and O–H groups in total. The van der Waals surface area contributed by atoms with E-state index >= 15 is 0 Å². The van der Waals surface area contributed by atoms with E-state index in [1.54, 1.807) is 0 Å². The van der Waals surface area contributed by atoms with Gasteiger partial charge < -0.3 is 10.1 Å². The molecule has 9 heteroatoms. The second-order valence-electron chi connectivity index (χ2n) is 6.09. The summed E-state index contributed by atoms with van der Waals surface area (Å²) in [5.74, 6) is -2.66. The van der Waals surface area contributed by atoms with Crippen LogP contribution in [0.5, 0.6) is 0 Å². The zero-order valence-corrected chi connectivity index (χ0v) is 15.1. The summed E-state index contributed by atoms with van der Waals surface area (Å²) in [5.41, 5.74) is 0.270. The number of carbonyl (C=O) groups is 1. The highest BCUT2D eigenvalue weighted by molar-refractivity contribution is 7.89. The van der Waals surface area contributed by atoms with Gasteiger partial charge in [-0.1, -0.05) is 0 Å². The van der Waals surface area contributed by atoms with Gasteiger partial charge in [-0.2, -0.15) is 0 Å². The lowest BCUT2D eigenvalue weighted by Crippen LogP contribution is -2.31. The molecule has 0 aromatic heterocycles. The van der Waals surface area contributed by atoms with Crippen LogP contribution in [0, 0.1) is 11.6 Å². The molecular weight excluding hydrogens is 378 g/mol. The molecule has 1 saturated heterocycles. The molecule has 0 radical (unpaired) electrons. The summed E-state index contributed by atoms with van der Waals surface area (Å²) in [6.07, 6.45) is 1.60. The van der Waals surface area contributed by atoms with Crippen molar-refractivity contribution in [2.45, 2.75) is 23.8 Å². The Morgan fingerprint density at radius 2 is 1.85 bits per heavy atom. The van der Waals surface area contributed by atoms with E-state index < -0.39 is 27.6 Å². The molecule has 2 aromatic rings. The third kappa shape index (κ3) is 4.88. The molecule has 1 atom stereocenters. The molecular formula is C18H18F2N2O4S. The molecule has 6 nitrogen and oxygen atoms in total. The van der Waals surface area contributed by atoms with E-state index in [9.17, 15) is 22.0 Å². The first-order valence-electron chi connectivity index (χ1n) is 8.33. The third-order valence-corrected chi connectivity index (χ3v) is 5.57. The van der Waals surface area contributed by atoms with Crippen molar-refractivity contribution in [2.24, 2.45) is 0 Å². The molecule has 0 bridgehead atoms. The van der Waals surface area contributed by atoms with Crippen molar-refractivity contribution < 1.29 is 26.7 Å². The van der Waals surface area contributed by atoms with E-state index in [4.69, 9.17) is 4.74 Å². The van der Waals surface area contributed by atoms with Crippen LogP contribution in [0.2, 0.25) is 0 Å². The number of hydrogen-bond donors (Lipinski definition) is 2. The van der Waals surface area contributed by atoms with Crippen molar-refractivity contribution in [2.75, 3.05) is 18.5 Å². The largest absolute Gasteiger partial charge is 0.377 e. The molecule has 0 aliphatic carbocycles. The lowest BCUT2D eigenvalue weighted by molar-refractivity contribution is 0.102. The Morgan fingerprint density at radius 1 is 1.11 bits per heavy atom. The van der Waals surface area contributed by atoms with Crippen molar-refractivity contribution in [3.05, 3.63) is 59.7 Å². The Balaban J connectivity index is 1.64. The quantitative estimate of drug-likeness (QED) is 0.786. The van der Waals surface area contributed by atoms with E-state index in [0.717, 1.165) is 25.0 Å². The first-order valence-corrected chi connectivity index (χ1v) is 9.81. The van der Waals surface area contributed by atoms with Crippen LogP contribution in [-0.4, -0.2) is 33.6 Å². The van der Waals surface area contributed by atoms with E-state index in [-0.39, 0.29) is 28.8 Å². The highest BCUT2D eigenvalue weighted by atomic mass is 32.2. The zero-order valence-electron chi connectivity index (χ0n) is 14.2. The van der Waals surface area contributed by atoms with Crippen LogP contribution in [0.1, 0.15) is 23.2 Å². The Bertz CT molecular complexity index is 927. The minimum atomic E-state index is -3.71. The molecule has 1 amide bonds. The van der Waals surface area contributed by atoms with Crippen molar-refractivity contribution in [1.29, 1.82) is 0 Å². The minimum absolute atomic E-state index is 0.0184. The monoisotopic (exact) mass is 396 g/mol. The van der Waals surface area contributed by atoms with Gasteiger partial charge in [-0.25, -0.2) is 21.9 Å². The molecule has 2 aromatic carbocycles. The van der Waals surface area contributed by atoms with Gasteiger partial charge in [0.05, 0.1) is 11.0 Å². The smallest absolute Gasteiger partial charge is 0.255 e. The van der Waals surface area contributed by atoms with E-state index in [1.165, 1.54) is 30.3 Å². The van der Waals surface area contributed by atoms with Crippen LogP contribution in [0.4, 0.5) is 14.5 Å². The van der Waals surface area contributed by atoms with Gasteiger partial charge in [0.15, 0.2) is 11.6 Å². The van der Waals surface area contributed by atoms with Gasteiger partial charge >= 0.3 is 0 Å². The second kappa shape index (κ2) is 8.12. The zero-order chi connectivity index (χ0) is 19.4. The number of hydrogen-bond acceptors (Lipinski definition) is 4. The van der Waals surface area contributed by atoms with E-state index in [0.29, 0.717) is 6.61 Å². The summed E-state index contributed by atoms with van der Waals surface area (Å²) in [6, 6.07) is 8.28. The number of nitrogens with one attached hydrogen (secondary N) is 2. The summed E-state index contributed by atoms with van der Waals surface area (Å²) in [7, 11) is -3.71. The van der Waals surface area contributed by atoms with E-state index in [1.807, 2.05) is 0 Å². The SMILES string of the molecule is O=C(Nc1ccc(F)c(F)c1)c1ccc(S(=O)(=O)NC[C@H]2CCCO2)cc1. The van der Waals surface area contributed by atoms with Crippen molar-refractivity contribution >= 4 is 21.6 Å². The Morgan fingerprint density at radius 3 is 2.48 bits per heavy atom. The molecule has 0 spiro atoms. The topological polar surface area (TPSA) is 84.5 Å². The van der Waals surface area contributed by atoms with Gasteiger partial charge in [-0.15, -0.1) is 0 Å². The third-order valence-electron chi connectivity index (χ3n) is 4.13. The van der Waals surface area contributed by atoms with Crippen molar-refractivity contribution in [3.63, 3.8) is 0 Å². The maximum absolute atomic E-state index is 13.2. The van der Waals surface area contributed by atoms with Gasteiger partial charge in [-0.05, 0) is 49.2 Å². The number of sulfonamides is 1. The number of benzene rings is 2. The van der Waals surface area contributed by atoms with Crippen LogP contribution in [0.15, 0.2) is 47.4 Å². The average molecular weight is 396 g/mol. The van der Waals surface area contributed by atoms with Crippen LogP contribution >= 0.6 is 0 Å². The summed E-state index contributed by atoms with van der Waals surface area (Å²) < 4.78 is 58.5. The number of amides is 1. The van der Waals surface area contributed by atoms with Gasteiger partial charge in [0.1, 0.15) is 0 Å². The van der Waals surface area contributed by atoms with Crippen LogP contribution < -0.4 is 10.0 Å². The highest BCUT2D eigenvalue weighted by Gasteiger charge is 2.20. The maximum Gasteiger partial charge on any atom is 0.255 e. The molecule has 0 unspecified atom stereocenters. The Kier molecular flexibility index (Phi) is 5.83. The van der Waals surface area contributed by atoms with Crippen molar-refractivity contribution in [3.8, 4) is 0 Å². The molecule has 1 heterocycles. The predicted molar refractivity (Wildman–Crippen MR) is 94.9 cm³/mol. The second-order valence-corrected chi connectivity index (χ2v) is 7.86. The lowest BCUT2D eigenvalue weighted by Gasteiger charge is -2.12. The summed E-state index contributed by atoms with van der Waals surface area (Å²) in [4.78, 5) is 12.2. The Hall–Kier alpha value is -2.36. The van der Waals surface area contributed by atoms with Gasteiger partial charge in [0.25, 0.3) is 5.91 Å². The number of ether oxygens (including phenoxy) is 1. The van der Waals surface area contributed by atoms with Crippen LogP contribution in [0.25, 0.3) is 0 Å². The molecule has 3 rings (SSSR count). The number of anilines is 1. The van der Waals surface area contributed by atoms with Crippen molar-refractivity contribution in [1.82, 2.24) is 4.72 Å². The normalized spacial score (nSPS) is 17.0. The molecule has 27 heavy (non-hydrogen) atoms. The molecule has 1 fully saturated rings. The minimum Gasteiger partial charge on any atom is -0.377 e. The fourth-order valence-corrected chi connectivity index (χ4v) is 3.72. The van der Waals surface area contributed by atoms with Crippen LogP contribution in [-0.2, 0) is 14.8 Å². The number of rotatable bonds is 6. The summed E-state index contributed by atoms with van der Waals surface area (Å²) in [6.45, 7) is 0.828. The average Bonchev–Trinajstić information content (AvgIpc) is 3.17. The van der Waals surface area contributed by atoms with Gasteiger partial charge in [0.2, 0.25) is 10.0 Å². The molecule has 0 saturated carbocycles. The van der Waals surface area contributed by atoms with Gasteiger partial charge in [0, 0.05) is 30.5 Å². The molecule has 144 valence electrons. The number of halogens is 2. The highest BCUT2D eigenvalue weighted by Crippen LogP contribution is 2.16. The van der Waals surface area contributed by atoms with Gasteiger partial charge in [-0.3, -0.25) is 4.79 Å². The fraction of sp³-hybridized carbons (Fsp3) is 0.278. The molecule has 1 aliphatic rings. The lowest BCUT2D eigenvalue weighted by atomic mass is 10.2. The maximum atomic E-state index is 13.2. The van der Waals surface area contributed by atoms with E-state index in [2.05, 4.69) is 10.0 Å². The number of carbonyl (C=O) groups excluding carboxylic acids is 1. The first-order chi connectivity index (χ1) is 12.8. The summed E-state index contributed by atoms with van der Waals surface area (Å²) in [5, 5.41) is 2.42. The first kappa shape index (κ1) is 19.4. The Labute approximate surface area is 155 Å². The standard InChI is InChI=1S/C18H18F2N2O4S/c19-16-8-5-13(10-17(16)20)22-18(23)12-3-6-15(7-4-12)27(24,25)21-11-14-2-1-9-26-14/h3-8,10,14,21H,1-2,9,11H2,(H,22,23)/t14-/m1/s1. The fourth-order valence-electron chi connectivity index (χ4n) is 2.65.